The number of benzene rings is 1. The smallest absolute Gasteiger partial charge is 0.387 e. The summed E-state index contributed by atoms with van der Waals surface area (Å²) in [5.74, 6) is -1.94. The van der Waals surface area contributed by atoms with E-state index in [4.69, 9.17) is 10.8 Å². The topological polar surface area (TPSA) is 55.5 Å². The van der Waals surface area contributed by atoms with Crippen LogP contribution in [0.25, 0.3) is 0 Å². The molecule has 17 heavy (non-hydrogen) atoms. The number of halogens is 3. The molecule has 3 N–H and O–H groups in total. The highest BCUT2D eigenvalue weighted by Crippen LogP contribution is 2.22. The largest absolute Gasteiger partial charge is 0.508 e. The molecule has 0 bridgehead atoms. The van der Waals surface area contributed by atoms with Gasteiger partial charge in [-0.25, -0.2) is 4.39 Å². The van der Waals surface area contributed by atoms with Crippen LogP contribution in [0.4, 0.5) is 13.2 Å². The first-order valence-electron chi connectivity index (χ1n) is 5.18. The lowest BCUT2D eigenvalue weighted by Crippen LogP contribution is -2.27. The second-order valence-corrected chi connectivity index (χ2v) is 3.68. The molecule has 0 aromatic heterocycles. The van der Waals surface area contributed by atoms with E-state index < -0.39 is 18.2 Å². The summed E-state index contributed by atoms with van der Waals surface area (Å²) in [7, 11) is 0. The van der Waals surface area contributed by atoms with Crippen molar-refractivity contribution in [3.05, 3.63) is 24.0 Å². The van der Waals surface area contributed by atoms with E-state index in [-0.39, 0.29) is 5.75 Å². The first-order valence-corrected chi connectivity index (χ1v) is 5.18. The van der Waals surface area contributed by atoms with Gasteiger partial charge in [-0.15, -0.1) is 0 Å². The fourth-order valence-corrected chi connectivity index (χ4v) is 1.12. The van der Waals surface area contributed by atoms with Crippen molar-refractivity contribution in [1.82, 2.24) is 0 Å². The lowest BCUT2D eigenvalue weighted by Gasteiger charge is -2.18. The summed E-state index contributed by atoms with van der Waals surface area (Å²) >= 11 is 0. The Morgan fingerprint density at radius 1 is 1.35 bits per heavy atom. The van der Waals surface area contributed by atoms with Crippen LogP contribution in [0.1, 0.15) is 19.3 Å². The van der Waals surface area contributed by atoms with Crippen molar-refractivity contribution < 1.29 is 23.0 Å². The highest BCUT2D eigenvalue weighted by molar-refractivity contribution is 5.31. The number of phenolic OH excluding ortho intramolecular Hbond substituents is 1. The summed E-state index contributed by atoms with van der Waals surface area (Å²) in [6.45, 7) is -3.07. The van der Waals surface area contributed by atoms with Gasteiger partial charge in [0.15, 0.2) is 11.6 Å². The average Bonchev–Trinajstić information content (AvgIpc) is 2.20. The number of hydrogen-bond acceptors (Lipinski definition) is 3. The van der Waals surface area contributed by atoms with Crippen molar-refractivity contribution in [2.45, 2.75) is 31.9 Å². The molecule has 1 saturated carbocycles. The molecule has 3 nitrogen and oxygen atoms in total. The fourth-order valence-electron chi connectivity index (χ4n) is 1.12. The molecule has 1 aliphatic carbocycles. The molecule has 0 aliphatic heterocycles. The monoisotopic (exact) mass is 249 g/mol. The van der Waals surface area contributed by atoms with Crippen LogP contribution in [0.5, 0.6) is 11.5 Å². The third-order valence-electron chi connectivity index (χ3n) is 2.28. The Kier molecular flexibility index (Phi) is 5.09. The van der Waals surface area contributed by atoms with Gasteiger partial charge in [0.2, 0.25) is 0 Å². The number of nitrogens with two attached hydrogens (primary N) is 1. The minimum absolute atomic E-state index is 0.339. The molecule has 0 atom stereocenters. The summed E-state index contributed by atoms with van der Waals surface area (Å²) in [5, 5.41) is 8.69. The Balaban J connectivity index is 0.000000239. The van der Waals surface area contributed by atoms with Crippen LogP contribution in [-0.4, -0.2) is 17.8 Å². The average molecular weight is 249 g/mol. The summed E-state index contributed by atoms with van der Waals surface area (Å²) in [6.07, 6.45) is 3.89. The van der Waals surface area contributed by atoms with Gasteiger partial charge >= 0.3 is 6.61 Å². The minimum atomic E-state index is -3.07. The number of alkyl halides is 2. The molecule has 0 saturated heterocycles. The maximum Gasteiger partial charge on any atom is 0.387 e. The summed E-state index contributed by atoms with van der Waals surface area (Å²) in [6, 6.07) is 3.24. The zero-order valence-electron chi connectivity index (χ0n) is 9.07. The molecule has 2 rings (SSSR count). The Bertz CT molecular complexity index is 357. The molecule has 96 valence electrons. The normalized spacial score (nSPS) is 14.9. The number of rotatable bonds is 2. The molecular formula is C11H14F3NO2. The van der Waals surface area contributed by atoms with Crippen LogP contribution in [0, 0.1) is 5.82 Å². The van der Waals surface area contributed by atoms with Crippen molar-refractivity contribution in [3.8, 4) is 11.5 Å². The van der Waals surface area contributed by atoms with Crippen molar-refractivity contribution in [1.29, 1.82) is 0 Å². The Morgan fingerprint density at radius 2 is 1.94 bits per heavy atom. The van der Waals surface area contributed by atoms with E-state index in [2.05, 4.69) is 4.74 Å². The van der Waals surface area contributed by atoms with E-state index in [9.17, 15) is 13.2 Å². The van der Waals surface area contributed by atoms with Crippen molar-refractivity contribution >= 4 is 0 Å². The molecule has 1 aromatic carbocycles. The molecule has 0 unspecified atom stereocenters. The number of phenols is 1. The van der Waals surface area contributed by atoms with Crippen LogP contribution >= 0.6 is 0 Å². The third-order valence-corrected chi connectivity index (χ3v) is 2.28. The van der Waals surface area contributed by atoms with Crippen LogP contribution in [0.15, 0.2) is 18.2 Å². The van der Waals surface area contributed by atoms with Crippen LogP contribution < -0.4 is 10.5 Å². The van der Waals surface area contributed by atoms with Crippen molar-refractivity contribution in [3.63, 3.8) is 0 Å². The SMILES string of the molecule is NC1CCC1.Oc1ccc(OC(F)F)c(F)c1. The highest BCUT2D eigenvalue weighted by atomic mass is 19.3. The molecular weight excluding hydrogens is 235 g/mol. The van der Waals surface area contributed by atoms with Crippen molar-refractivity contribution in [2.24, 2.45) is 5.73 Å². The van der Waals surface area contributed by atoms with Crippen molar-refractivity contribution in [2.75, 3.05) is 0 Å². The summed E-state index contributed by atoms with van der Waals surface area (Å²) in [5.41, 5.74) is 5.38. The van der Waals surface area contributed by atoms with Gasteiger partial charge in [0.1, 0.15) is 5.75 Å². The van der Waals surface area contributed by atoms with E-state index in [1.807, 2.05) is 0 Å². The van der Waals surface area contributed by atoms with Crippen LogP contribution in [0.2, 0.25) is 0 Å². The molecule has 0 spiro atoms. The number of ether oxygens (including phenoxy) is 1. The molecule has 1 aromatic rings. The molecule has 0 amide bonds. The second-order valence-electron chi connectivity index (χ2n) is 3.68. The zero-order chi connectivity index (χ0) is 12.8. The minimum Gasteiger partial charge on any atom is -0.508 e. The van der Waals surface area contributed by atoms with Gasteiger partial charge in [-0.3, -0.25) is 0 Å². The van der Waals surface area contributed by atoms with Crippen LogP contribution in [0.3, 0.4) is 0 Å². The number of aromatic hydroxyl groups is 1. The molecule has 1 fully saturated rings. The van der Waals surface area contributed by atoms with Gasteiger partial charge in [-0.1, -0.05) is 6.42 Å². The fraction of sp³-hybridized carbons (Fsp3) is 0.455. The maximum absolute atomic E-state index is 12.6. The zero-order valence-corrected chi connectivity index (χ0v) is 9.07. The predicted octanol–water partition coefficient (Wildman–Crippen LogP) is 2.63. The number of hydrogen-bond donors (Lipinski definition) is 2. The summed E-state index contributed by atoms with van der Waals surface area (Å²) < 4.78 is 39.5. The van der Waals surface area contributed by atoms with Gasteiger partial charge in [-0.2, -0.15) is 8.78 Å². The van der Waals surface area contributed by atoms with E-state index in [0.717, 1.165) is 12.1 Å². The van der Waals surface area contributed by atoms with Crippen LogP contribution in [-0.2, 0) is 0 Å². The van der Waals surface area contributed by atoms with Gasteiger partial charge in [0.25, 0.3) is 0 Å². The Labute approximate surface area is 97.0 Å². The van der Waals surface area contributed by atoms with E-state index in [0.29, 0.717) is 12.1 Å². The van der Waals surface area contributed by atoms with Gasteiger partial charge in [0.05, 0.1) is 0 Å². The first-order chi connectivity index (χ1) is 7.99. The van der Waals surface area contributed by atoms with Gasteiger partial charge < -0.3 is 15.6 Å². The molecule has 0 radical (unpaired) electrons. The predicted molar refractivity (Wildman–Crippen MR) is 56.5 cm³/mol. The second kappa shape index (κ2) is 6.34. The lowest BCUT2D eigenvalue weighted by atomic mass is 9.95. The third kappa shape index (κ3) is 4.95. The Hall–Kier alpha value is -1.43. The van der Waals surface area contributed by atoms with Gasteiger partial charge in [0, 0.05) is 12.1 Å². The first kappa shape index (κ1) is 13.6. The molecule has 1 aliphatic rings. The molecule has 0 heterocycles. The van der Waals surface area contributed by atoms with Gasteiger partial charge in [-0.05, 0) is 25.0 Å². The van der Waals surface area contributed by atoms with E-state index in [1.54, 1.807) is 0 Å². The standard InChI is InChI=1S/C7H5F3O2.C4H9N/c8-5-3-4(11)1-2-6(5)12-7(9)10;5-4-2-1-3-4/h1-3,7,11H;4H,1-3,5H2. The highest BCUT2D eigenvalue weighted by Gasteiger charge is 2.10. The van der Waals surface area contributed by atoms with E-state index in [1.165, 1.54) is 19.3 Å². The summed E-state index contributed by atoms with van der Waals surface area (Å²) in [4.78, 5) is 0. The molecule has 6 heteroatoms. The Morgan fingerprint density at radius 3 is 2.29 bits per heavy atom. The maximum atomic E-state index is 12.6. The quantitative estimate of drug-likeness (QED) is 0.847. The van der Waals surface area contributed by atoms with E-state index >= 15 is 0 Å². The lowest BCUT2D eigenvalue weighted by molar-refractivity contribution is -0.0522.